The zero-order valence-corrected chi connectivity index (χ0v) is 19.4. The highest BCUT2D eigenvalue weighted by molar-refractivity contribution is 6.06. The summed E-state index contributed by atoms with van der Waals surface area (Å²) in [5.41, 5.74) is 3.70. The van der Waals surface area contributed by atoms with Gasteiger partial charge < -0.3 is 25.0 Å². The van der Waals surface area contributed by atoms with E-state index in [0.29, 0.717) is 22.6 Å². The maximum absolute atomic E-state index is 13.0. The molecule has 0 unspecified atom stereocenters. The first-order chi connectivity index (χ1) is 16.8. The zero-order chi connectivity index (χ0) is 25.4. The summed E-state index contributed by atoms with van der Waals surface area (Å²) in [7, 11) is 3.00. The molecule has 180 valence electrons. The highest BCUT2D eigenvalue weighted by Gasteiger charge is 2.16. The number of amides is 2. The molecule has 0 saturated heterocycles. The Labute approximate surface area is 202 Å². The van der Waals surface area contributed by atoms with Crippen LogP contribution in [0.2, 0.25) is 0 Å². The van der Waals surface area contributed by atoms with Crippen molar-refractivity contribution in [3.05, 3.63) is 89.1 Å². The normalized spacial score (nSPS) is 11.5. The third-order valence-corrected chi connectivity index (χ3v) is 4.94. The molecule has 3 aromatic rings. The fourth-order valence-corrected chi connectivity index (χ4v) is 3.12. The van der Waals surface area contributed by atoms with Gasteiger partial charge in [0.1, 0.15) is 17.2 Å². The van der Waals surface area contributed by atoms with E-state index in [1.54, 1.807) is 55.5 Å². The van der Waals surface area contributed by atoms with Crippen LogP contribution in [0.1, 0.15) is 28.4 Å². The SMILES string of the molecule is COc1ccc(C=C(NC(=O)c2ccccc2)C(=O)NN=C(C)c2cc(O)ccc2O)cc1OC. The molecule has 0 fully saturated rings. The van der Waals surface area contributed by atoms with Gasteiger partial charge in [-0.3, -0.25) is 9.59 Å². The van der Waals surface area contributed by atoms with Gasteiger partial charge in [0.15, 0.2) is 11.5 Å². The predicted molar refractivity (Wildman–Crippen MR) is 132 cm³/mol. The van der Waals surface area contributed by atoms with Gasteiger partial charge in [-0.25, -0.2) is 5.43 Å². The third kappa shape index (κ3) is 6.38. The minimum absolute atomic E-state index is 0.0668. The average Bonchev–Trinajstić information content (AvgIpc) is 2.88. The molecule has 9 nitrogen and oxygen atoms in total. The van der Waals surface area contributed by atoms with Crippen molar-refractivity contribution in [2.24, 2.45) is 5.10 Å². The van der Waals surface area contributed by atoms with Gasteiger partial charge in [0, 0.05) is 11.1 Å². The summed E-state index contributed by atoms with van der Waals surface area (Å²) in [5, 5.41) is 26.3. The number of phenols is 2. The average molecular weight is 476 g/mol. The molecule has 3 rings (SSSR count). The Morgan fingerprint density at radius 2 is 1.63 bits per heavy atom. The molecule has 0 aliphatic carbocycles. The van der Waals surface area contributed by atoms with E-state index in [2.05, 4.69) is 15.8 Å². The van der Waals surface area contributed by atoms with Crippen LogP contribution < -0.4 is 20.2 Å². The Morgan fingerprint density at radius 3 is 2.31 bits per heavy atom. The minimum atomic E-state index is -0.706. The van der Waals surface area contributed by atoms with Crippen LogP contribution in [0, 0.1) is 0 Å². The summed E-state index contributed by atoms with van der Waals surface area (Å²) in [5.74, 6) is -0.416. The predicted octanol–water partition coefficient (Wildman–Crippen LogP) is 3.43. The van der Waals surface area contributed by atoms with Gasteiger partial charge in [-0.2, -0.15) is 5.10 Å². The summed E-state index contributed by atoms with van der Waals surface area (Å²) in [6, 6.07) is 17.4. The van der Waals surface area contributed by atoms with Gasteiger partial charge in [0.05, 0.1) is 19.9 Å². The molecule has 0 aliphatic rings. The van der Waals surface area contributed by atoms with Gasteiger partial charge in [-0.15, -0.1) is 0 Å². The summed E-state index contributed by atoms with van der Waals surface area (Å²) >= 11 is 0. The van der Waals surface area contributed by atoms with Crippen LogP contribution in [0.15, 0.2) is 77.5 Å². The van der Waals surface area contributed by atoms with Crippen LogP contribution in [-0.2, 0) is 4.79 Å². The first-order valence-corrected chi connectivity index (χ1v) is 10.5. The Kier molecular flexibility index (Phi) is 8.07. The summed E-state index contributed by atoms with van der Waals surface area (Å²) in [4.78, 5) is 25.8. The second-order valence-corrected chi connectivity index (χ2v) is 7.33. The maximum atomic E-state index is 13.0. The van der Waals surface area contributed by atoms with Gasteiger partial charge in [0.25, 0.3) is 11.8 Å². The summed E-state index contributed by atoms with van der Waals surface area (Å²) in [6.45, 7) is 1.55. The van der Waals surface area contributed by atoms with Crippen LogP contribution in [0.5, 0.6) is 23.0 Å². The van der Waals surface area contributed by atoms with Crippen LogP contribution in [0.25, 0.3) is 6.08 Å². The molecule has 35 heavy (non-hydrogen) atoms. The molecule has 2 amide bonds. The monoisotopic (exact) mass is 475 g/mol. The molecule has 0 bridgehead atoms. The highest BCUT2D eigenvalue weighted by atomic mass is 16.5. The number of ether oxygens (including phenoxy) is 2. The molecular weight excluding hydrogens is 450 g/mol. The van der Waals surface area contributed by atoms with Crippen LogP contribution in [0.3, 0.4) is 0 Å². The van der Waals surface area contributed by atoms with Crippen LogP contribution >= 0.6 is 0 Å². The molecule has 0 heterocycles. The molecule has 0 radical (unpaired) electrons. The number of aromatic hydroxyl groups is 2. The fourth-order valence-electron chi connectivity index (χ4n) is 3.12. The van der Waals surface area contributed by atoms with E-state index in [4.69, 9.17) is 9.47 Å². The van der Waals surface area contributed by atoms with Crippen LogP contribution in [0.4, 0.5) is 0 Å². The number of nitrogens with one attached hydrogen (secondary N) is 2. The van der Waals surface area contributed by atoms with E-state index in [0.717, 1.165) is 0 Å². The molecule has 0 aliphatic heterocycles. The summed E-state index contributed by atoms with van der Waals surface area (Å²) in [6.07, 6.45) is 1.47. The van der Waals surface area contributed by atoms with E-state index in [-0.39, 0.29) is 28.5 Å². The topological polar surface area (TPSA) is 129 Å². The molecule has 3 aromatic carbocycles. The Balaban J connectivity index is 1.92. The van der Waals surface area contributed by atoms with Gasteiger partial charge >= 0.3 is 0 Å². The van der Waals surface area contributed by atoms with Crippen molar-refractivity contribution < 1.29 is 29.3 Å². The van der Waals surface area contributed by atoms with Gasteiger partial charge in [-0.1, -0.05) is 24.3 Å². The molecule has 0 spiro atoms. The lowest BCUT2D eigenvalue weighted by Crippen LogP contribution is -2.33. The number of carbonyl (C=O) groups excluding carboxylic acids is 2. The van der Waals surface area contributed by atoms with Crippen molar-refractivity contribution in [2.45, 2.75) is 6.92 Å². The molecule has 9 heteroatoms. The number of hydrazone groups is 1. The number of carbonyl (C=O) groups is 2. The number of methoxy groups -OCH3 is 2. The molecular formula is C26H25N3O6. The second-order valence-electron chi connectivity index (χ2n) is 7.33. The van der Waals surface area contributed by atoms with E-state index >= 15 is 0 Å². The quantitative estimate of drug-likeness (QED) is 0.171. The first kappa shape index (κ1) is 24.8. The lowest BCUT2D eigenvalue weighted by atomic mass is 10.1. The Bertz CT molecular complexity index is 1290. The number of rotatable bonds is 8. The number of hydrogen-bond donors (Lipinski definition) is 4. The molecule has 0 saturated carbocycles. The number of benzene rings is 3. The van der Waals surface area contributed by atoms with Gasteiger partial charge in [0.2, 0.25) is 0 Å². The van der Waals surface area contributed by atoms with Crippen LogP contribution in [-0.4, -0.2) is 42.0 Å². The number of phenolic OH excluding ortho intramolecular Hbond substituents is 2. The van der Waals surface area contributed by atoms with E-state index < -0.39 is 11.8 Å². The lowest BCUT2D eigenvalue weighted by Gasteiger charge is -2.11. The zero-order valence-electron chi connectivity index (χ0n) is 19.4. The van der Waals surface area contributed by atoms with Crippen molar-refractivity contribution in [1.29, 1.82) is 0 Å². The Hall–Kier alpha value is -4.79. The van der Waals surface area contributed by atoms with Crippen molar-refractivity contribution in [1.82, 2.24) is 10.7 Å². The Morgan fingerprint density at radius 1 is 0.914 bits per heavy atom. The highest BCUT2D eigenvalue weighted by Crippen LogP contribution is 2.28. The van der Waals surface area contributed by atoms with Crippen molar-refractivity contribution in [3.63, 3.8) is 0 Å². The van der Waals surface area contributed by atoms with Gasteiger partial charge in [-0.05, 0) is 61.0 Å². The fraction of sp³-hybridized carbons (Fsp3) is 0.115. The standard InChI is InChI=1S/C26H25N3O6/c1-16(20-15-19(30)10-11-22(20)31)28-29-26(33)21(27-25(32)18-7-5-4-6-8-18)13-17-9-12-23(34-2)24(14-17)35-3/h4-15,30-31H,1-3H3,(H,27,32)(H,29,33). The second kappa shape index (κ2) is 11.4. The first-order valence-electron chi connectivity index (χ1n) is 10.5. The maximum Gasteiger partial charge on any atom is 0.287 e. The third-order valence-electron chi connectivity index (χ3n) is 4.94. The molecule has 4 N–H and O–H groups in total. The van der Waals surface area contributed by atoms with E-state index in [9.17, 15) is 19.8 Å². The van der Waals surface area contributed by atoms with Crippen molar-refractivity contribution in [3.8, 4) is 23.0 Å². The molecule has 0 atom stereocenters. The van der Waals surface area contributed by atoms with Crippen molar-refractivity contribution in [2.75, 3.05) is 14.2 Å². The van der Waals surface area contributed by atoms with E-state index in [1.807, 2.05) is 0 Å². The minimum Gasteiger partial charge on any atom is -0.508 e. The smallest absolute Gasteiger partial charge is 0.287 e. The lowest BCUT2D eigenvalue weighted by molar-refractivity contribution is -0.117. The summed E-state index contributed by atoms with van der Waals surface area (Å²) < 4.78 is 10.6. The largest absolute Gasteiger partial charge is 0.508 e. The number of hydrogen-bond acceptors (Lipinski definition) is 7. The van der Waals surface area contributed by atoms with Crippen molar-refractivity contribution >= 4 is 23.6 Å². The number of nitrogens with zero attached hydrogens (tertiary/aromatic N) is 1. The molecule has 0 aromatic heterocycles. The van der Waals surface area contributed by atoms with E-state index in [1.165, 1.54) is 38.5 Å².